The van der Waals surface area contributed by atoms with Crippen LogP contribution in [0.4, 0.5) is 10.2 Å². The van der Waals surface area contributed by atoms with E-state index in [1.165, 1.54) is 23.7 Å². The third-order valence-electron chi connectivity index (χ3n) is 6.45. The fourth-order valence-corrected chi connectivity index (χ4v) is 5.90. The van der Waals surface area contributed by atoms with Gasteiger partial charge in [0.05, 0.1) is 15.6 Å². The molecule has 2 saturated heterocycles. The number of nitrogens with one attached hydrogen (secondary N) is 1. The van der Waals surface area contributed by atoms with Crippen LogP contribution in [0.2, 0.25) is 0 Å². The third-order valence-corrected chi connectivity index (χ3v) is 7.59. The molecule has 0 atom stereocenters. The first-order valence-electron chi connectivity index (χ1n) is 11.2. The van der Waals surface area contributed by atoms with Crippen LogP contribution in [0, 0.1) is 11.7 Å². The number of rotatable bonds is 6. The van der Waals surface area contributed by atoms with Gasteiger partial charge in [0.15, 0.2) is 0 Å². The molecule has 7 nitrogen and oxygen atoms in total. The molecule has 1 N–H and O–H groups in total. The van der Waals surface area contributed by atoms with Gasteiger partial charge < -0.3 is 15.1 Å². The number of benzene rings is 1. The van der Waals surface area contributed by atoms with Gasteiger partial charge in [-0.15, -0.1) is 11.3 Å². The van der Waals surface area contributed by atoms with Crippen LogP contribution in [0.3, 0.4) is 0 Å². The van der Waals surface area contributed by atoms with Gasteiger partial charge in [0, 0.05) is 49.8 Å². The number of hydrogen-bond acceptors (Lipinski definition) is 6. The Morgan fingerprint density at radius 1 is 1.22 bits per heavy atom. The summed E-state index contributed by atoms with van der Waals surface area (Å²) in [6.45, 7) is 3.61. The molecule has 9 heteroatoms. The fourth-order valence-electron chi connectivity index (χ4n) is 4.71. The summed E-state index contributed by atoms with van der Waals surface area (Å²) >= 11 is 1.51. The maximum Gasteiger partial charge on any atom is 0.223 e. The summed E-state index contributed by atoms with van der Waals surface area (Å²) in [5, 5.41) is 3.60. The number of halogens is 1. The van der Waals surface area contributed by atoms with Crippen molar-refractivity contribution in [2.75, 3.05) is 37.6 Å². The number of piperidine rings is 1. The number of hydrogen-bond donors (Lipinski definition) is 1. The van der Waals surface area contributed by atoms with Crippen molar-refractivity contribution in [1.29, 1.82) is 0 Å². The number of likely N-dealkylation sites (tertiary alicyclic amines) is 1. The molecule has 3 aromatic rings. The summed E-state index contributed by atoms with van der Waals surface area (Å²) < 4.78 is 16.1. The highest BCUT2D eigenvalue weighted by Crippen LogP contribution is 2.39. The number of carbonyl (C=O) groups excluding carboxylic acids is 2. The number of thiophene rings is 1. The van der Waals surface area contributed by atoms with Crippen LogP contribution in [0.1, 0.15) is 32.1 Å². The first-order valence-corrected chi connectivity index (χ1v) is 12.1. The van der Waals surface area contributed by atoms with Crippen molar-refractivity contribution in [1.82, 2.24) is 20.2 Å². The second-order valence-electron chi connectivity index (χ2n) is 8.48. The topological polar surface area (TPSA) is 78.4 Å². The van der Waals surface area contributed by atoms with Crippen molar-refractivity contribution in [3.05, 3.63) is 30.3 Å². The minimum Gasteiger partial charge on any atom is -0.356 e. The quantitative estimate of drug-likeness (QED) is 0.577. The molecule has 5 rings (SSSR count). The van der Waals surface area contributed by atoms with Crippen molar-refractivity contribution in [3.8, 4) is 0 Å². The summed E-state index contributed by atoms with van der Waals surface area (Å²) in [5.74, 6) is 0.863. The Hall–Kier alpha value is -2.81. The molecule has 168 valence electrons. The van der Waals surface area contributed by atoms with Crippen molar-refractivity contribution < 1.29 is 14.0 Å². The molecular weight excluding hydrogens is 429 g/mol. The predicted octanol–water partition coefficient (Wildman–Crippen LogP) is 3.33. The second-order valence-corrected chi connectivity index (χ2v) is 9.53. The minimum atomic E-state index is -0.261. The molecule has 0 bridgehead atoms. The van der Waals surface area contributed by atoms with E-state index in [2.05, 4.69) is 20.2 Å². The zero-order chi connectivity index (χ0) is 22.1. The van der Waals surface area contributed by atoms with Gasteiger partial charge in [-0.25, -0.2) is 14.4 Å². The first-order chi connectivity index (χ1) is 15.6. The molecule has 0 unspecified atom stereocenters. The Bertz CT molecular complexity index is 1160. The van der Waals surface area contributed by atoms with Gasteiger partial charge in [0.1, 0.15) is 18.0 Å². The number of amides is 2. The van der Waals surface area contributed by atoms with E-state index in [-0.39, 0.29) is 23.5 Å². The van der Waals surface area contributed by atoms with Crippen LogP contribution in [-0.2, 0) is 9.59 Å². The molecule has 2 amide bonds. The molecule has 2 aromatic heterocycles. The summed E-state index contributed by atoms with van der Waals surface area (Å²) in [7, 11) is 0. The highest BCUT2D eigenvalue weighted by molar-refractivity contribution is 7.26. The standard InChI is InChI=1S/C23H26FN5O2S/c24-16-4-1-5-17-19(16)20-21(32-17)22(27-14-26-20)29-12-7-15(8-13-29)23(31)25-9-3-11-28-10-2-6-18(28)30/h1,4-5,14-15H,2-3,6-13H2,(H,25,31). The lowest BCUT2D eigenvalue weighted by Gasteiger charge is -2.32. The van der Waals surface area contributed by atoms with Gasteiger partial charge in [0.2, 0.25) is 11.8 Å². The molecule has 2 fully saturated rings. The van der Waals surface area contributed by atoms with Gasteiger partial charge >= 0.3 is 0 Å². The van der Waals surface area contributed by atoms with Crippen molar-refractivity contribution >= 4 is 49.3 Å². The van der Waals surface area contributed by atoms with Crippen LogP contribution in [0.5, 0.6) is 0 Å². The van der Waals surface area contributed by atoms with E-state index in [0.29, 0.717) is 23.9 Å². The second kappa shape index (κ2) is 8.97. The SMILES string of the molecule is O=C(NCCCN1CCCC1=O)C1CCN(c2ncnc3c2sc2cccc(F)c23)CC1. The van der Waals surface area contributed by atoms with E-state index in [9.17, 15) is 14.0 Å². The average Bonchev–Trinajstić information content (AvgIpc) is 3.40. The van der Waals surface area contributed by atoms with Crippen molar-refractivity contribution in [2.45, 2.75) is 32.1 Å². The average molecular weight is 456 g/mol. The lowest BCUT2D eigenvalue weighted by Crippen LogP contribution is -2.41. The summed E-state index contributed by atoms with van der Waals surface area (Å²) in [4.78, 5) is 37.2. The van der Waals surface area contributed by atoms with Crippen LogP contribution in [0.15, 0.2) is 24.5 Å². The van der Waals surface area contributed by atoms with Gasteiger partial charge in [-0.1, -0.05) is 6.07 Å². The molecular formula is C23H26FN5O2S. The largest absolute Gasteiger partial charge is 0.356 e. The number of fused-ring (bicyclic) bond motifs is 3. The Balaban J connectivity index is 1.18. The number of carbonyl (C=O) groups is 2. The molecule has 0 saturated carbocycles. The summed E-state index contributed by atoms with van der Waals surface area (Å²) in [6, 6.07) is 5.08. The Labute approximate surface area is 189 Å². The first kappa shape index (κ1) is 21.1. The lowest BCUT2D eigenvalue weighted by molar-refractivity contribution is -0.127. The maximum atomic E-state index is 14.4. The zero-order valence-electron chi connectivity index (χ0n) is 17.8. The molecule has 0 aliphatic carbocycles. The molecule has 2 aliphatic rings. The minimum absolute atomic E-state index is 0.0168. The van der Waals surface area contributed by atoms with Crippen LogP contribution < -0.4 is 10.2 Å². The van der Waals surface area contributed by atoms with E-state index in [1.54, 1.807) is 6.07 Å². The number of anilines is 1. The maximum absolute atomic E-state index is 14.4. The van der Waals surface area contributed by atoms with E-state index < -0.39 is 0 Å². The Kier molecular flexibility index (Phi) is 5.91. The monoisotopic (exact) mass is 455 g/mol. The molecule has 1 aromatic carbocycles. The summed E-state index contributed by atoms with van der Waals surface area (Å²) in [5.41, 5.74) is 0.657. The Morgan fingerprint density at radius 2 is 2.06 bits per heavy atom. The fraction of sp³-hybridized carbons (Fsp3) is 0.478. The number of aromatic nitrogens is 2. The van der Waals surface area contributed by atoms with E-state index >= 15 is 0 Å². The van der Waals surface area contributed by atoms with E-state index in [4.69, 9.17) is 0 Å². The molecule has 0 spiro atoms. The van der Waals surface area contributed by atoms with Crippen molar-refractivity contribution in [2.24, 2.45) is 5.92 Å². The normalized spacial score (nSPS) is 17.6. The predicted molar refractivity (Wildman–Crippen MR) is 123 cm³/mol. The van der Waals surface area contributed by atoms with Crippen LogP contribution in [-0.4, -0.2) is 59.4 Å². The lowest BCUT2D eigenvalue weighted by atomic mass is 9.96. The zero-order valence-corrected chi connectivity index (χ0v) is 18.7. The van der Waals surface area contributed by atoms with Gasteiger partial charge in [-0.2, -0.15) is 0 Å². The van der Waals surface area contributed by atoms with Gasteiger partial charge in [0.25, 0.3) is 0 Å². The van der Waals surface area contributed by atoms with Crippen LogP contribution >= 0.6 is 11.3 Å². The third kappa shape index (κ3) is 4.01. The number of nitrogens with zero attached hydrogens (tertiary/aromatic N) is 4. The van der Waals surface area contributed by atoms with E-state index in [1.807, 2.05) is 11.0 Å². The molecule has 2 aliphatic heterocycles. The Morgan fingerprint density at radius 3 is 2.84 bits per heavy atom. The molecule has 4 heterocycles. The van der Waals surface area contributed by atoms with Crippen molar-refractivity contribution in [3.63, 3.8) is 0 Å². The summed E-state index contributed by atoms with van der Waals surface area (Å²) in [6.07, 6.45) is 5.39. The van der Waals surface area contributed by atoms with Gasteiger partial charge in [-0.05, 0) is 37.8 Å². The van der Waals surface area contributed by atoms with Crippen LogP contribution in [0.25, 0.3) is 20.3 Å². The molecule has 32 heavy (non-hydrogen) atoms. The highest BCUT2D eigenvalue weighted by atomic mass is 32.1. The smallest absolute Gasteiger partial charge is 0.223 e. The molecule has 0 radical (unpaired) electrons. The highest BCUT2D eigenvalue weighted by Gasteiger charge is 2.27. The van der Waals surface area contributed by atoms with Gasteiger partial charge in [-0.3, -0.25) is 9.59 Å². The van der Waals surface area contributed by atoms with E-state index in [0.717, 1.165) is 67.1 Å².